The van der Waals surface area contributed by atoms with E-state index in [9.17, 15) is 9.18 Å². The molecule has 6 heteroatoms. The number of amides is 1. The van der Waals surface area contributed by atoms with Crippen LogP contribution in [-0.2, 0) is 6.54 Å². The first-order valence-corrected chi connectivity index (χ1v) is 8.95. The van der Waals surface area contributed by atoms with Gasteiger partial charge in [0.1, 0.15) is 5.82 Å². The van der Waals surface area contributed by atoms with Gasteiger partial charge in [-0.05, 0) is 68.5 Å². The van der Waals surface area contributed by atoms with Crippen molar-refractivity contribution in [2.24, 2.45) is 0 Å². The SMILES string of the molecule is O=C(c1cc(Br)sc1Br)N(Cc1cccc(F)c1)C1CC1. The maximum atomic E-state index is 13.3. The monoisotopic (exact) mass is 431 g/mol. The zero-order valence-corrected chi connectivity index (χ0v) is 15.0. The van der Waals surface area contributed by atoms with E-state index >= 15 is 0 Å². The van der Waals surface area contributed by atoms with Gasteiger partial charge in [-0.3, -0.25) is 4.79 Å². The van der Waals surface area contributed by atoms with Crippen molar-refractivity contribution in [1.82, 2.24) is 4.90 Å². The Morgan fingerprint density at radius 2 is 2.10 bits per heavy atom. The van der Waals surface area contributed by atoms with E-state index < -0.39 is 0 Å². The van der Waals surface area contributed by atoms with E-state index in [0.717, 1.165) is 26.0 Å². The normalized spacial score (nSPS) is 14.2. The lowest BCUT2D eigenvalue weighted by atomic mass is 10.2. The molecule has 0 saturated heterocycles. The van der Waals surface area contributed by atoms with Gasteiger partial charge in [-0.2, -0.15) is 0 Å². The van der Waals surface area contributed by atoms with Crippen molar-refractivity contribution in [1.29, 1.82) is 0 Å². The highest BCUT2D eigenvalue weighted by Gasteiger charge is 2.34. The fourth-order valence-corrected chi connectivity index (χ4v) is 5.00. The molecule has 3 rings (SSSR count). The lowest BCUT2D eigenvalue weighted by Gasteiger charge is -2.22. The number of hydrogen-bond acceptors (Lipinski definition) is 2. The van der Waals surface area contributed by atoms with Gasteiger partial charge in [0.25, 0.3) is 5.91 Å². The first-order chi connectivity index (χ1) is 10.0. The van der Waals surface area contributed by atoms with Gasteiger partial charge in [-0.25, -0.2) is 4.39 Å². The highest BCUT2D eigenvalue weighted by Crippen LogP contribution is 2.36. The molecule has 0 unspecified atom stereocenters. The third-order valence-electron chi connectivity index (χ3n) is 3.38. The smallest absolute Gasteiger partial charge is 0.256 e. The summed E-state index contributed by atoms with van der Waals surface area (Å²) in [6, 6.07) is 8.53. The highest BCUT2D eigenvalue weighted by atomic mass is 79.9. The molecule has 1 fully saturated rings. The van der Waals surface area contributed by atoms with E-state index in [1.54, 1.807) is 6.07 Å². The Morgan fingerprint density at radius 3 is 2.67 bits per heavy atom. The minimum Gasteiger partial charge on any atom is -0.331 e. The average molecular weight is 433 g/mol. The molecule has 2 nitrogen and oxygen atoms in total. The zero-order valence-electron chi connectivity index (χ0n) is 11.0. The van der Waals surface area contributed by atoms with Gasteiger partial charge in [-0.15, -0.1) is 11.3 Å². The van der Waals surface area contributed by atoms with Crippen molar-refractivity contribution in [3.05, 3.63) is 54.8 Å². The maximum absolute atomic E-state index is 13.3. The van der Waals surface area contributed by atoms with Crippen molar-refractivity contribution in [3.63, 3.8) is 0 Å². The predicted octanol–water partition coefficient (Wildman–Crippen LogP) is 5.22. The fourth-order valence-electron chi connectivity index (χ4n) is 2.23. The molecule has 0 radical (unpaired) electrons. The third kappa shape index (κ3) is 3.55. The molecule has 1 amide bonds. The molecule has 1 aromatic heterocycles. The Hall–Kier alpha value is -0.720. The third-order valence-corrected chi connectivity index (χ3v) is 5.72. The zero-order chi connectivity index (χ0) is 15.0. The molecule has 1 heterocycles. The number of hydrogen-bond donors (Lipinski definition) is 0. The summed E-state index contributed by atoms with van der Waals surface area (Å²) in [5.74, 6) is -0.272. The predicted molar refractivity (Wildman–Crippen MR) is 89.0 cm³/mol. The summed E-state index contributed by atoms with van der Waals surface area (Å²) in [7, 11) is 0. The van der Waals surface area contributed by atoms with Crippen LogP contribution in [0.3, 0.4) is 0 Å². The lowest BCUT2D eigenvalue weighted by Crippen LogP contribution is -2.32. The standard InChI is InChI=1S/C15H12Br2FNOS/c16-13-7-12(14(17)21-13)15(20)19(11-4-5-11)8-9-2-1-3-10(18)6-9/h1-3,6-7,11H,4-5,8H2. The number of thiophene rings is 1. The van der Waals surface area contributed by atoms with Gasteiger partial charge in [0.2, 0.25) is 0 Å². The molecule has 0 spiro atoms. The van der Waals surface area contributed by atoms with Crippen molar-refractivity contribution in [2.75, 3.05) is 0 Å². The van der Waals surface area contributed by atoms with Gasteiger partial charge < -0.3 is 4.90 Å². The van der Waals surface area contributed by atoms with Crippen LogP contribution in [0.2, 0.25) is 0 Å². The molecule has 21 heavy (non-hydrogen) atoms. The molecule has 1 saturated carbocycles. The Labute approximate surface area is 143 Å². The van der Waals surface area contributed by atoms with E-state index in [-0.39, 0.29) is 17.8 Å². The summed E-state index contributed by atoms with van der Waals surface area (Å²) in [5.41, 5.74) is 1.48. The highest BCUT2D eigenvalue weighted by molar-refractivity contribution is 9.12. The Balaban J connectivity index is 1.85. The van der Waals surface area contributed by atoms with Gasteiger partial charge in [0, 0.05) is 12.6 Å². The van der Waals surface area contributed by atoms with Crippen LogP contribution in [0.25, 0.3) is 0 Å². The summed E-state index contributed by atoms with van der Waals surface area (Å²) < 4.78 is 15.0. The number of benzene rings is 1. The molecular formula is C15H12Br2FNOS. The summed E-state index contributed by atoms with van der Waals surface area (Å²) >= 11 is 8.31. The first kappa shape index (κ1) is 15.2. The number of carbonyl (C=O) groups is 1. The first-order valence-electron chi connectivity index (χ1n) is 6.55. The molecule has 0 N–H and O–H groups in total. The van der Waals surface area contributed by atoms with Crippen LogP contribution in [-0.4, -0.2) is 16.8 Å². The van der Waals surface area contributed by atoms with E-state index in [1.807, 2.05) is 17.0 Å². The summed E-state index contributed by atoms with van der Waals surface area (Å²) in [5, 5.41) is 0. The second-order valence-electron chi connectivity index (χ2n) is 5.03. The minimum absolute atomic E-state index is 0.00409. The van der Waals surface area contributed by atoms with Crippen LogP contribution in [0, 0.1) is 5.82 Å². The van der Waals surface area contributed by atoms with Gasteiger partial charge >= 0.3 is 0 Å². The second kappa shape index (κ2) is 6.18. The van der Waals surface area contributed by atoms with Crippen LogP contribution in [0.5, 0.6) is 0 Å². The molecular weight excluding hydrogens is 421 g/mol. The van der Waals surface area contributed by atoms with Gasteiger partial charge in [-0.1, -0.05) is 12.1 Å². The van der Waals surface area contributed by atoms with Crippen molar-refractivity contribution < 1.29 is 9.18 Å². The Bertz CT molecular complexity index is 684. The molecule has 2 aromatic rings. The topological polar surface area (TPSA) is 20.3 Å². The van der Waals surface area contributed by atoms with E-state index in [0.29, 0.717) is 12.1 Å². The molecule has 1 aromatic carbocycles. The van der Waals surface area contributed by atoms with Crippen LogP contribution in [0.4, 0.5) is 4.39 Å². The van der Waals surface area contributed by atoms with E-state index in [4.69, 9.17) is 0 Å². The minimum atomic E-state index is -0.268. The van der Waals surface area contributed by atoms with Crippen LogP contribution >= 0.6 is 43.2 Å². The van der Waals surface area contributed by atoms with E-state index in [1.165, 1.54) is 23.5 Å². The second-order valence-corrected chi connectivity index (χ2v) is 8.78. The maximum Gasteiger partial charge on any atom is 0.256 e. The molecule has 1 aliphatic rings. The number of halogens is 3. The lowest BCUT2D eigenvalue weighted by molar-refractivity contribution is 0.0729. The number of rotatable bonds is 4. The Morgan fingerprint density at radius 1 is 1.33 bits per heavy atom. The van der Waals surface area contributed by atoms with Crippen molar-refractivity contribution in [2.45, 2.75) is 25.4 Å². The molecule has 1 aliphatic carbocycles. The largest absolute Gasteiger partial charge is 0.331 e. The molecule has 110 valence electrons. The van der Waals surface area contributed by atoms with Gasteiger partial charge in [0.05, 0.1) is 13.1 Å². The van der Waals surface area contributed by atoms with Gasteiger partial charge in [0.15, 0.2) is 0 Å². The van der Waals surface area contributed by atoms with E-state index in [2.05, 4.69) is 31.9 Å². The summed E-state index contributed by atoms with van der Waals surface area (Å²) in [6.45, 7) is 0.446. The van der Waals surface area contributed by atoms with Crippen LogP contribution < -0.4 is 0 Å². The summed E-state index contributed by atoms with van der Waals surface area (Å²) in [4.78, 5) is 14.6. The molecule has 0 aliphatic heterocycles. The van der Waals surface area contributed by atoms with Crippen LogP contribution in [0.1, 0.15) is 28.8 Å². The molecule has 0 bridgehead atoms. The fraction of sp³-hybridized carbons (Fsp3) is 0.267. The van der Waals surface area contributed by atoms with Crippen LogP contribution in [0.15, 0.2) is 37.9 Å². The molecule has 0 atom stereocenters. The quantitative estimate of drug-likeness (QED) is 0.648. The number of nitrogens with zero attached hydrogens (tertiary/aromatic N) is 1. The number of carbonyl (C=O) groups excluding carboxylic acids is 1. The Kier molecular flexibility index (Phi) is 4.47. The average Bonchev–Trinajstić information content (AvgIpc) is 3.21. The summed E-state index contributed by atoms with van der Waals surface area (Å²) in [6.07, 6.45) is 2.04. The van der Waals surface area contributed by atoms with Crippen molar-refractivity contribution in [3.8, 4) is 0 Å². The van der Waals surface area contributed by atoms with Crippen molar-refractivity contribution >= 4 is 49.1 Å².